The third-order valence-electron chi connectivity index (χ3n) is 5.23. The minimum absolute atomic E-state index is 0.273. The molecule has 1 aromatic heterocycles. The van der Waals surface area contributed by atoms with E-state index in [0.717, 1.165) is 48.5 Å². The summed E-state index contributed by atoms with van der Waals surface area (Å²) in [4.78, 5) is 25.8. The molecular formula is C22H22Cl2N4O. The van der Waals surface area contributed by atoms with Crippen LogP contribution < -0.4 is 4.90 Å². The average Bonchev–Trinajstić information content (AvgIpc) is 2.74. The molecule has 1 fully saturated rings. The number of carbonyl (C=O) groups is 1. The van der Waals surface area contributed by atoms with Gasteiger partial charge in [-0.2, -0.15) is 0 Å². The van der Waals surface area contributed by atoms with Crippen molar-refractivity contribution < 1.29 is 4.79 Å². The number of nitrogens with zero attached hydrogens (tertiary/aromatic N) is 4. The number of Topliss-reactive ketones (excluding diaryl/α,β-unsaturated/α-hetero) is 1. The van der Waals surface area contributed by atoms with E-state index >= 15 is 0 Å². The second-order valence-corrected chi connectivity index (χ2v) is 7.95. The number of carbonyl (C=O) groups excluding carboxylic acids is 1. The number of ketones is 1. The van der Waals surface area contributed by atoms with Gasteiger partial charge < -0.3 is 4.90 Å². The van der Waals surface area contributed by atoms with Gasteiger partial charge in [0.2, 0.25) is 0 Å². The Labute approximate surface area is 180 Å². The molecule has 0 N–H and O–H groups in total. The lowest BCUT2D eigenvalue weighted by molar-refractivity contribution is -0.119. The van der Waals surface area contributed by atoms with Crippen molar-refractivity contribution in [2.75, 3.05) is 37.6 Å². The minimum Gasteiger partial charge on any atom is -0.353 e. The summed E-state index contributed by atoms with van der Waals surface area (Å²) in [5.41, 5.74) is 1.59. The Morgan fingerprint density at radius 2 is 1.69 bits per heavy atom. The summed E-state index contributed by atoms with van der Waals surface area (Å²) < 4.78 is 0. The topological polar surface area (TPSA) is 49.3 Å². The van der Waals surface area contributed by atoms with E-state index < -0.39 is 0 Å². The maximum atomic E-state index is 11.8. The van der Waals surface area contributed by atoms with E-state index in [4.69, 9.17) is 33.2 Å². The Morgan fingerprint density at radius 1 is 0.966 bits per heavy atom. The van der Waals surface area contributed by atoms with Gasteiger partial charge in [-0.05, 0) is 24.3 Å². The van der Waals surface area contributed by atoms with Crippen LogP contribution in [0.2, 0.25) is 10.0 Å². The quantitative estimate of drug-likeness (QED) is 0.588. The van der Waals surface area contributed by atoms with E-state index in [0.29, 0.717) is 28.8 Å². The van der Waals surface area contributed by atoms with Gasteiger partial charge in [0, 0.05) is 38.2 Å². The van der Waals surface area contributed by atoms with Crippen LogP contribution >= 0.6 is 23.2 Å². The standard InChI is InChI=1S/C22H22Cl2N4O/c1-2-15(29)14-27-10-12-28(13-11-27)22-20-18(24)8-5-9-19(20)25-21(26-22)16-6-3-4-7-17(16)23/h3-9H,2,10-14H2,1H3. The van der Waals surface area contributed by atoms with Crippen LogP contribution in [-0.4, -0.2) is 53.4 Å². The molecule has 0 aliphatic carbocycles. The summed E-state index contributed by atoms with van der Waals surface area (Å²) in [5, 5.41) is 2.09. The lowest BCUT2D eigenvalue weighted by atomic mass is 10.1. The van der Waals surface area contributed by atoms with Gasteiger partial charge in [-0.3, -0.25) is 9.69 Å². The molecule has 0 radical (unpaired) electrons. The number of anilines is 1. The summed E-state index contributed by atoms with van der Waals surface area (Å²) in [6.45, 7) is 5.59. The fourth-order valence-electron chi connectivity index (χ4n) is 3.59. The van der Waals surface area contributed by atoms with Crippen LogP contribution in [0.25, 0.3) is 22.3 Å². The molecule has 2 heterocycles. The summed E-state index contributed by atoms with van der Waals surface area (Å²) in [5.74, 6) is 1.68. The van der Waals surface area contributed by atoms with Gasteiger partial charge in [-0.1, -0.05) is 48.3 Å². The van der Waals surface area contributed by atoms with Crippen LogP contribution in [0.5, 0.6) is 0 Å². The van der Waals surface area contributed by atoms with Crippen molar-refractivity contribution in [3.05, 3.63) is 52.5 Å². The zero-order valence-electron chi connectivity index (χ0n) is 16.2. The molecule has 1 saturated heterocycles. The van der Waals surface area contributed by atoms with Crippen LogP contribution in [0, 0.1) is 0 Å². The molecule has 5 nitrogen and oxygen atoms in total. The summed E-state index contributed by atoms with van der Waals surface area (Å²) >= 11 is 12.9. The van der Waals surface area contributed by atoms with Crippen LogP contribution in [0.1, 0.15) is 13.3 Å². The maximum absolute atomic E-state index is 11.8. The van der Waals surface area contributed by atoms with Crippen LogP contribution in [-0.2, 0) is 4.79 Å². The smallest absolute Gasteiger partial charge is 0.163 e. The normalized spacial score (nSPS) is 15.1. The molecule has 3 aromatic rings. The van der Waals surface area contributed by atoms with Crippen LogP contribution in [0.15, 0.2) is 42.5 Å². The summed E-state index contributed by atoms with van der Waals surface area (Å²) in [7, 11) is 0. The molecule has 0 saturated carbocycles. The predicted octanol–water partition coefficient (Wildman–Crippen LogP) is 4.70. The number of aromatic nitrogens is 2. The zero-order chi connectivity index (χ0) is 20.4. The van der Waals surface area contributed by atoms with Crippen molar-refractivity contribution in [3.63, 3.8) is 0 Å². The van der Waals surface area contributed by atoms with Gasteiger partial charge in [0.1, 0.15) is 11.6 Å². The third kappa shape index (κ3) is 4.22. The van der Waals surface area contributed by atoms with Gasteiger partial charge >= 0.3 is 0 Å². The Kier molecular flexibility index (Phi) is 5.99. The minimum atomic E-state index is 0.273. The molecular weight excluding hydrogens is 407 g/mol. The van der Waals surface area contributed by atoms with Crippen molar-refractivity contribution in [2.24, 2.45) is 0 Å². The Morgan fingerprint density at radius 3 is 2.41 bits per heavy atom. The van der Waals surface area contributed by atoms with E-state index in [9.17, 15) is 4.79 Å². The van der Waals surface area contributed by atoms with Gasteiger partial charge in [0.15, 0.2) is 5.82 Å². The van der Waals surface area contributed by atoms with Crippen LogP contribution in [0.3, 0.4) is 0 Å². The van der Waals surface area contributed by atoms with E-state index in [1.807, 2.05) is 49.4 Å². The van der Waals surface area contributed by atoms with Crippen molar-refractivity contribution in [1.82, 2.24) is 14.9 Å². The maximum Gasteiger partial charge on any atom is 0.163 e. The summed E-state index contributed by atoms with van der Waals surface area (Å²) in [6.07, 6.45) is 0.577. The van der Waals surface area contributed by atoms with Gasteiger partial charge in [-0.25, -0.2) is 9.97 Å². The molecule has 29 heavy (non-hydrogen) atoms. The predicted molar refractivity (Wildman–Crippen MR) is 119 cm³/mol. The Balaban J connectivity index is 1.72. The van der Waals surface area contributed by atoms with E-state index in [-0.39, 0.29) is 5.78 Å². The van der Waals surface area contributed by atoms with E-state index in [1.165, 1.54) is 0 Å². The van der Waals surface area contributed by atoms with E-state index in [1.54, 1.807) is 0 Å². The van der Waals surface area contributed by atoms with E-state index in [2.05, 4.69) is 9.80 Å². The monoisotopic (exact) mass is 428 g/mol. The Bertz CT molecular complexity index is 1050. The molecule has 150 valence electrons. The molecule has 1 aliphatic rings. The number of halogens is 2. The molecule has 0 bridgehead atoms. The molecule has 0 spiro atoms. The molecule has 0 amide bonds. The second kappa shape index (κ2) is 8.66. The first kappa shape index (κ1) is 20.1. The fourth-order valence-corrected chi connectivity index (χ4v) is 4.07. The van der Waals surface area contributed by atoms with Crippen molar-refractivity contribution in [2.45, 2.75) is 13.3 Å². The van der Waals surface area contributed by atoms with Crippen molar-refractivity contribution in [1.29, 1.82) is 0 Å². The number of benzene rings is 2. The molecule has 0 unspecified atom stereocenters. The number of hydrogen-bond acceptors (Lipinski definition) is 5. The highest BCUT2D eigenvalue weighted by molar-refractivity contribution is 6.36. The first-order chi connectivity index (χ1) is 14.1. The fraction of sp³-hybridized carbons (Fsp3) is 0.318. The second-order valence-electron chi connectivity index (χ2n) is 7.14. The highest BCUT2D eigenvalue weighted by atomic mass is 35.5. The van der Waals surface area contributed by atoms with Crippen molar-refractivity contribution in [3.8, 4) is 11.4 Å². The zero-order valence-corrected chi connectivity index (χ0v) is 17.7. The Hall–Kier alpha value is -2.21. The molecule has 2 aromatic carbocycles. The van der Waals surface area contributed by atoms with Gasteiger partial charge in [0.05, 0.1) is 27.5 Å². The highest BCUT2D eigenvalue weighted by Gasteiger charge is 2.23. The van der Waals surface area contributed by atoms with Gasteiger partial charge in [0.25, 0.3) is 0 Å². The molecule has 4 rings (SSSR count). The number of rotatable bonds is 5. The number of fused-ring (bicyclic) bond motifs is 1. The molecule has 7 heteroatoms. The third-order valence-corrected chi connectivity index (χ3v) is 5.88. The molecule has 1 aliphatic heterocycles. The van der Waals surface area contributed by atoms with Gasteiger partial charge in [-0.15, -0.1) is 0 Å². The van der Waals surface area contributed by atoms with Crippen molar-refractivity contribution >= 4 is 45.7 Å². The summed E-state index contributed by atoms with van der Waals surface area (Å²) in [6, 6.07) is 13.3. The first-order valence-corrected chi connectivity index (χ1v) is 10.5. The number of piperazine rings is 1. The SMILES string of the molecule is CCC(=O)CN1CCN(c2nc(-c3ccccc3Cl)nc3cccc(Cl)c23)CC1. The highest BCUT2D eigenvalue weighted by Crippen LogP contribution is 2.34. The average molecular weight is 429 g/mol. The first-order valence-electron chi connectivity index (χ1n) is 9.77. The largest absolute Gasteiger partial charge is 0.353 e. The van der Waals surface area contributed by atoms with Crippen LogP contribution in [0.4, 0.5) is 5.82 Å². The lowest BCUT2D eigenvalue weighted by Gasteiger charge is -2.35. The number of hydrogen-bond donors (Lipinski definition) is 0. The molecule has 0 atom stereocenters. The lowest BCUT2D eigenvalue weighted by Crippen LogP contribution is -2.48.